The lowest BCUT2D eigenvalue weighted by molar-refractivity contribution is 0.102. The van der Waals surface area contributed by atoms with Crippen LogP contribution >= 0.6 is 0 Å². The molecule has 144 valence electrons. The van der Waals surface area contributed by atoms with E-state index in [0.717, 1.165) is 12.0 Å². The Morgan fingerprint density at radius 3 is 2.18 bits per heavy atom. The van der Waals surface area contributed by atoms with Crippen LogP contribution in [0.5, 0.6) is 0 Å². The van der Waals surface area contributed by atoms with Gasteiger partial charge in [0.1, 0.15) is 0 Å². The van der Waals surface area contributed by atoms with E-state index in [1.165, 1.54) is 17.7 Å². The molecule has 0 saturated heterocycles. The van der Waals surface area contributed by atoms with Gasteiger partial charge in [-0.2, -0.15) is 0 Å². The number of anilines is 2. The quantitative estimate of drug-likeness (QED) is 0.641. The number of carbonyl (C=O) groups excluding carboxylic acids is 1. The number of hydrogen-bond donors (Lipinski definition) is 2. The number of amides is 1. The topological polar surface area (TPSA) is 75.3 Å². The SMILES string of the molecule is CCc1ccc(NC(=O)c2cccc(S(=O)(=O)Nc3ccc(C)cc3)c2)cc1. The molecule has 3 aromatic carbocycles. The molecule has 0 aliphatic rings. The molecule has 6 heteroatoms. The van der Waals surface area contributed by atoms with Crippen LogP contribution in [0.1, 0.15) is 28.4 Å². The molecular formula is C22H22N2O3S. The first-order valence-electron chi connectivity index (χ1n) is 8.97. The van der Waals surface area contributed by atoms with Gasteiger partial charge in [-0.3, -0.25) is 9.52 Å². The van der Waals surface area contributed by atoms with Crippen LogP contribution in [-0.2, 0) is 16.4 Å². The lowest BCUT2D eigenvalue weighted by atomic mass is 10.1. The summed E-state index contributed by atoms with van der Waals surface area (Å²) in [6, 6.07) is 20.6. The van der Waals surface area contributed by atoms with Crippen molar-refractivity contribution < 1.29 is 13.2 Å². The van der Waals surface area contributed by atoms with Crippen molar-refractivity contribution in [2.24, 2.45) is 0 Å². The van der Waals surface area contributed by atoms with Gasteiger partial charge in [0, 0.05) is 16.9 Å². The summed E-state index contributed by atoms with van der Waals surface area (Å²) in [4.78, 5) is 12.5. The number of aryl methyl sites for hydroxylation is 2. The van der Waals surface area contributed by atoms with Crippen LogP contribution in [0.25, 0.3) is 0 Å². The third-order valence-electron chi connectivity index (χ3n) is 4.33. The van der Waals surface area contributed by atoms with Crippen LogP contribution in [-0.4, -0.2) is 14.3 Å². The summed E-state index contributed by atoms with van der Waals surface area (Å²) in [5.74, 6) is -0.364. The number of carbonyl (C=O) groups is 1. The smallest absolute Gasteiger partial charge is 0.261 e. The van der Waals surface area contributed by atoms with Crippen molar-refractivity contribution in [3.8, 4) is 0 Å². The first kappa shape index (κ1) is 19.6. The van der Waals surface area contributed by atoms with E-state index in [1.807, 2.05) is 43.3 Å². The largest absolute Gasteiger partial charge is 0.322 e. The molecule has 0 atom stereocenters. The third-order valence-corrected chi connectivity index (χ3v) is 5.71. The van der Waals surface area contributed by atoms with Crippen molar-refractivity contribution in [2.75, 3.05) is 10.0 Å². The number of hydrogen-bond acceptors (Lipinski definition) is 3. The molecule has 0 unspecified atom stereocenters. The van der Waals surface area contributed by atoms with Crippen LogP contribution in [0.4, 0.5) is 11.4 Å². The van der Waals surface area contributed by atoms with Gasteiger partial charge in [-0.05, 0) is 61.4 Å². The molecule has 0 heterocycles. The van der Waals surface area contributed by atoms with E-state index in [-0.39, 0.29) is 16.4 Å². The summed E-state index contributed by atoms with van der Waals surface area (Å²) >= 11 is 0. The summed E-state index contributed by atoms with van der Waals surface area (Å²) in [7, 11) is -3.79. The normalized spacial score (nSPS) is 11.1. The summed E-state index contributed by atoms with van der Waals surface area (Å²) in [6.45, 7) is 3.99. The van der Waals surface area contributed by atoms with Crippen LogP contribution in [0.15, 0.2) is 77.7 Å². The second kappa shape index (κ2) is 8.27. The molecule has 0 aromatic heterocycles. The third kappa shape index (κ3) is 4.78. The summed E-state index contributed by atoms with van der Waals surface area (Å²) < 4.78 is 27.8. The molecule has 0 bridgehead atoms. The maximum Gasteiger partial charge on any atom is 0.261 e. The highest BCUT2D eigenvalue weighted by molar-refractivity contribution is 7.92. The first-order chi connectivity index (χ1) is 13.4. The maximum atomic E-state index is 12.6. The minimum atomic E-state index is -3.79. The van der Waals surface area contributed by atoms with E-state index in [4.69, 9.17) is 0 Å². The van der Waals surface area contributed by atoms with Crippen LogP contribution < -0.4 is 10.0 Å². The summed E-state index contributed by atoms with van der Waals surface area (Å²) in [6.07, 6.45) is 0.919. The maximum absolute atomic E-state index is 12.6. The predicted octanol–water partition coefficient (Wildman–Crippen LogP) is 4.61. The highest BCUT2D eigenvalue weighted by Gasteiger charge is 2.16. The van der Waals surface area contributed by atoms with E-state index in [0.29, 0.717) is 11.4 Å². The highest BCUT2D eigenvalue weighted by Crippen LogP contribution is 2.19. The molecule has 28 heavy (non-hydrogen) atoms. The van der Waals surface area contributed by atoms with Gasteiger partial charge in [0.15, 0.2) is 0 Å². The van der Waals surface area contributed by atoms with Crippen molar-refractivity contribution in [3.05, 3.63) is 89.5 Å². The minimum Gasteiger partial charge on any atom is -0.322 e. The van der Waals surface area contributed by atoms with E-state index >= 15 is 0 Å². The number of benzene rings is 3. The van der Waals surface area contributed by atoms with Crippen molar-refractivity contribution >= 4 is 27.3 Å². The van der Waals surface area contributed by atoms with Gasteiger partial charge in [-0.1, -0.05) is 42.8 Å². The van der Waals surface area contributed by atoms with Crippen LogP contribution in [0.3, 0.4) is 0 Å². The Bertz CT molecular complexity index is 1070. The molecule has 3 rings (SSSR count). The number of nitrogens with one attached hydrogen (secondary N) is 2. The molecule has 5 nitrogen and oxygen atoms in total. The zero-order valence-electron chi connectivity index (χ0n) is 15.8. The van der Waals surface area contributed by atoms with Crippen LogP contribution in [0, 0.1) is 6.92 Å². The van der Waals surface area contributed by atoms with Crippen molar-refractivity contribution in [3.63, 3.8) is 0 Å². The molecule has 0 aliphatic carbocycles. The molecule has 0 spiro atoms. The molecule has 0 fully saturated rings. The van der Waals surface area contributed by atoms with Gasteiger partial charge >= 0.3 is 0 Å². The molecule has 2 N–H and O–H groups in total. The average molecular weight is 394 g/mol. The van der Waals surface area contributed by atoms with Gasteiger partial charge in [-0.25, -0.2) is 8.42 Å². The fourth-order valence-corrected chi connectivity index (χ4v) is 3.77. The van der Waals surface area contributed by atoms with E-state index in [2.05, 4.69) is 17.0 Å². The van der Waals surface area contributed by atoms with Gasteiger partial charge in [0.25, 0.3) is 15.9 Å². The van der Waals surface area contributed by atoms with Gasteiger partial charge < -0.3 is 5.32 Å². The fourth-order valence-electron chi connectivity index (χ4n) is 2.67. The lowest BCUT2D eigenvalue weighted by Crippen LogP contribution is -2.16. The Hall–Kier alpha value is -3.12. The van der Waals surface area contributed by atoms with Gasteiger partial charge in [0.05, 0.1) is 4.90 Å². The molecular weight excluding hydrogens is 372 g/mol. The summed E-state index contributed by atoms with van der Waals surface area (Å²) in [5.41, 5.74) is 3.61. The second-order valence-corrected chi connectivity index (χ2v) is 8.19. The van der Waals surface area contributed by atoms with Gasteiger partial charge in [-0.15, -0.1) is 0 Å². The lowest BCUT2D eigenvalue weighted by Gasteiger charge is -2.10. The fraction of sp³-hybridized carbons (Fsp3) is 0.136. The molecule has 3 aromatic rings. The van der Waals surface area contributed by atoms with Crippen LogP contribution in [0.2, 0.25) is 0 Å². The molecule has 0 radical (unpaired) electrons. The molecule has 0 aliphatic heterocycles. The Labute approximate surface area is 165 Å². The predicted molar refractivity (Wildman–Crippen MR) is 112 cm³/mol. The van der Waals surface area contributed by atoms with E-state index in [1.54, 1.807) is 24.3 Å². The first-order valence-corrected chi connectivity index (χ1v) is 10.5. The Kier molecular flexibility index (Phi) is 5.80. The average Bonchev–Trinajstić information content (AvgIpc) is 2.70. The van der Waals surface area contributed by atoms with Gasteiger partial charge in [0.2, 0.25) is 0 Å². The molecule has 1 amide bonds. The van der Waals surface area contributed by atoms with E-state index < -0.39 is 10.0 Å². The summed E-state index contributed by atoms with van der Waals surface area (Å²) in [5, 5.41) is 2.79. The Morgan fingerprint density at radius 2 is 1.54 bits per heavy atom. The highest BCUT2D eigenvalue weighted by atomic mass is 32.2. The van der Waals surface area contributed by atoms with Crippen molar-refractivity contribution in [1.82, 2.24) is 0 Å². The van der Waals surface area contributed by atoms with Crippen molar-refractivity contribution in [1.29, 1.82) is 0 Å². The minimum absolute atomic E-state index is 0.0297. The monoisotopic (exact) mass is 394 g/mol. The van der Waals surface area contributed by atoms with Crippen molar-refractivity contribution in [2.45, 2.75) is 25.2 Å². The van der Waals surface area contributed by atoms with E-state index in [9.17, 15) is 13.2 Å². The standard InChI is InChI=1S/C22H22N2O3S/c1-3-17-9-13-19(14-10-17)23-22(25)18-5-4-6-21(15-18)28(26,27)24-20-11-7-16(2)8-12-20/h4-15,24H,3H2,1-2H3,(H,23,25). The second-order valence-electron chi connectivity index (χ2n) is 6.50. The Morgan fingerprint density at radius 1 is 0.893 bits per heavy atom. The Balaban J connectivity index is 1.78. The number of rotatable bonds is 6. The molecule has 0 saturated carbocycles. The zero-order valence-corrected chi connectivity index (χ0v) is 16.6. The number of sulfonamides is 1. The zero-order chi connectivity index (χ0) is 20.1.